The van der Waals surface area contributed by atoms with E-state index in [0.29, 0.717) is 36.1 Å². The zero-order valence-corrected chi connectivity index (χ0v) is 32.8. The molecule has 1 heterocycles. The monoisotopic (exact) mass is 678 g/mol. The molecule has 0 radical (unpaired) electrons. The maximum Gasteiger partial charge on any atom is 0.303 e. The number of carbonyl (C=O) groups excluding carboxylic acids is 3. The highest BCUT2D eigenvalue weighted by Gasteiger charge is 2.64. The van der Waals surface area contributed by atoms with Crippen LogP contribution in [-0.2, 0) is 33.0 Å². The number of aliphatic hydroxyl groups is 1. The van der Waals surface area contributed by atoms with Crippen molar-refractivity contribution in [2.24, 2.45) is 23.2 Å². The number of carbonyl (C=O) groups is 3. The summed E-state index contributed by atoms with van der Waals surface area (Å²) in [6.45, 7) is 27.0. The number of hydrogen-bond acceptors (Lipinski definition) is 8. The van der Waals surface area contributed by atoms with Crippen molar-refractivity contribution in [2.75, 3.05) is 13.2 Å². The SMILES string of the molecule is CC(=O)OCC[C@H](OC(C)=O)[C@](C)(O)[C@@H]1O[C@H](CC#C[Si](C)(C)C)[C@@]2(C=O)C=CC[C@H]([C@H](C)CO[Si](C(C)C)(C(C)C)C(C)C)[C@@H]12. The molecule has 1 N–H and O–H groups in total. The lowest BCUT2D eigenvalue weighted by molar-refractivity contribution is -0.193. The van der Waals surface area contributed by atoms with E-state index < -0.39 is 63.6 Å². The van der Waals surface area contributed by atoms with Crippen molar-refractivity contribution in [1.29, 1.82) is 0 Å². The number of allylic oxidation sites excluding steroid dienone is 1. The van der Waals surface area contributed by atoms with E-state index in [1.807, 2.05) is 6.08 Å². The van der Waals surface area contributed by atoms with Gasteiger partial charge in [-0.05, 0) is 41.8 Å². The lowest BCUT2D eigenvalue weighted by atomic mass is 9.58. The fraction of sp³-hybridized carbons (Fsp3) is 0.806. The molecule has 0 aromatic rings. The summed E-state index contributed by atoms with van der Waals surface area (Å²) >= 11 is 0. The zero-order chi connectivity index (χ0) is 35.3. The third-order valence-corrected chi connectivity index (χ3v) is 17.3. The third kappa shape index (κ3) is 9.01. The van der Waals surface area contributed by atoms with E-state index in [1.165, 1.54) is 13.8 Å². The van der Waals surface area contributed by atoms with Gasteiger partial charge in [0.1, 0.15) is 26.1 Å². The summed E-state index contributed by atoms with van der Waals surface area (Å²) in [5, 5.41) is 12.4. The normalized spacial score (nSPS) is 27.4. The molecule has 1 saturated heterocycles. The van der Waals surface area contributed by atoms with Crippen LogP contribution in [-0.4, -0.2) is 76.8 Å². The number of esters is 2. The Balaban J connectivity index is 2.63. The average Bonchev–Trinajstić information content (AvgIpc) is 3.26. The average molecular weight is 679 g/mol. The van der Waals surface area contributed by atoms with E-state index in [4.69, 9.17) is 18.6 Å². The van der Waals surface area contributed by atoms with Gasteiger partial charge in [-0.2, -0.15) is 0 Å². The molecule has 0 spiro atoms. The van der Waals surface area contributed by atoms with Gasteiger partial charge in [0.25, 0.3) is 0 Å². The summed E-state index contributed by atoms with van der Waals surface area (Å²) in [5.41, 5.74) is 1.96. The smallest absolute Gasteiger partial charge is 0.303 e. The number of aldehydes is 1. The van der Waals surface area contributed by atoms with Crippen molar-refractivity contribution in [3.05, 3.63) is 12.2 Å². The molecule has 262 valence electrons. The van der Waals surface area contributed by atoms with Gasteiger partial charge in [-0.15, -0.1) is 11.5 Å². The van der Waals surface area contributed by atoms with Crippen LogP contribution in [0.25, 0.3) is 0 Å². The molecule has 8 nitrogen and oxygen atoms in total. The topological polar surface area (TPSA) is 108 Å². The maximum atomic E-state index is 13.3. The Bertz CT molecular complexity index is 1120. The predicted molar refractivity (Wildman–Crippen MR) is 187 cm³/mol. The summed E-state index contributed by atoms with van der Waals surface area (Å²) in [5.74, 6) is 1.84. The fourth-order valence-electron chi connectivity index (χ4n) is 8.22. The zero-order valence-electron chi connectivity index (χ0n) is 30.8. The minimum atomic E-state index is -2.16. The van der Waals surface area contributed by atoms with Gasteiger partial charge < -0.3 is 28.5 Å². The van der Waals surface area contributed by atoms with E-state index >= 15 is 0 Å². The van der Waals surface area contributed by atoms with Gasteiger partial charge in [0.05, 0.1) is 24.2 Å². The van der Waals surface area contributed by atoms with Gasteiger partial charge in [0, 0.05) is 39.2 Å². The molecule has 8 atom stereocenters. The van der Waals surface area contributed by atoms with Crippen LogP contribution in [0.3, 0.4) is 0 Å². The van der Waals surface area contributed by atoms with Crippen molar-refractivity contribution in [2.45, 2.75) is 149 Å². The Morgan fingerprint density at radius 2 is 1.65 bits per heavy atom. The van der Waals surface area contributed by atoms with Crippen molar-refractivity contribution >= 4 is 34.6 Å². The lowest BCUT2D eigenvalue weighted by Gasteiger charge is -2.47. The quantitative estimate of drug-likeness (QED) is 0.0658. The highest BCUT2D eigenvalue weighted by Crippen LogP contribution is 2.57. The Labute approximate surface area is 280 Å². The molecule has 0 amide bonds. The van der Waals surface area contributed by atoms with E-state index in [2.05, 4.69) is 85.6 Å². The maximum absolute atomic E-state index is 13.3. The standard InChI is InChI=1S/C36H62O8Si2/c1-24(2)46(25(3)4,26(5)6)42-22-27(7)30-16-14-19-36(23-37)32(17-15-21-45(11,12)13)44-34(33(30)36)35(10,40)31(43-29(9)39)18-20-41-28(8)38/h14,19,23-27,30-34,40H,16-18,20,22H2,1-13H3/t27-,30-,31+,32-,33+,34-,35+,36+/m1/s1. The first-order chi connectivity index (χ1) is 21.2. The van der Waals surface area contributed by atoms with Gasteiger partial charge in [0.15, 0.2) is 8.32 Å². The van der Waals surface area contributed by atoms with Gasteiger partial charge in [-0.3, -0.25) is 9.59 Å². The Hall–Kier alpha value is -1.78. The molecule has 1 fully saturated rings. The van der Waals surface area contributed by atoms with Gasteiger partial charge in [0.2, 0.25) is 0 Å². The van der Waals surface area contributed by atoms with E-state index in [1.54, 1.807) is 6.92 Å². The lowest BCUT2D eigenvalue weighted by Crippen LogP contribution is -2.57. The van der Waals surface area contributed by atoms with Crippen LogP contribution < -0.4 is 0 Å². The van der Waals surface area contributed by atoms with Gasteiger partial charge in [-0.25, -0.2) is 0 Å². The highest BCUT2D eigenvalue weighted by molar-refractivity contribution is 6.83. The molecule has 0 bridgehead atoms. The molecule has 1 aliphatic carbocycles. The summed E-state index contributed by atoms with van der Waals surface area (Å²) in [7, 11) is -3.85. The van der Waals surface area contributed by atoms with Crippen molar-refractivity contribution < 1.29 is 38.1 Å². The van der Waals surface area contributed by atoms with Crippen LogP contribution in [0.4, 0.5) is 0 Å². The first-order valence-electron chi connectivity index (χ1n) is 17.1. The Kier molecular flexibility index (Phi) is 14.1. The second-order valence-electron chi connectivity index (χ2n) is 15.8. The minimum absolute atomic E-state index is 0.0371. The molecular weight excluding hydrogens is 617 g/mol. The van der Waals surface area contributed by atoms with Crippen LogP contribution in [0.1, 0.15) is 88.5 Å². The molecule has 10 heteroatoms. The molecular formula is C36H62O8Si2. The van der Waals surface area contributed by atoms with Crippen LogP contribution in [0.15, 0.2) is 12.2 Å². The van der Waals surface area contributed by atoms with Gasteiger partial charge in [-0.1, -0.05) is 80.3 Å². The van der Waals surface area contributed by atoms with Crippen LogP contribution in [0, 0.1) is 34.6 Å². The second-order valence-corrected chi connectivity index (χ2v) is 26.0. The fourth-order valence-corrected chi connectivity index (χ4v) is 14.4. The van der Waals surface area contributed by atoms with Crippen LogP contribution in [0.2, 0.25) is 36.3 Å². The number of hydrogen-bond donors (Lipinski definition) is 1. The molecule has 46 heavy (non-hydrogen) atoms. The molecule has 1 aliphatic heterocycles. The highest BCUT2D eigenvalue weighted by atomic mass is 28.4. The Morgan fingerprint density at radius 1 is 1.07 bits per heavy atom. The van der Waals surface area contributed by atoms with Crippen LogP contribution in [0.5, 0.6) is 0 Å². The van der Waals surface area contributed by atoms with Crippen LogP contribution >= 0.6 is 0 Å². The largest absolute Gasteiger partial charge is 0.466 e. The van der Waals surface area contributed by atoms with Crippen molar-refractivity contribution in [1.82, 2.24) is 0 Å². The summed E-state index contributed by atoms with van der Waals surface area (Å²) < 4.78 is 24.7. The molecule has 0 unspecified atom stereocenters. The molecule has 0 aromatic heterocycles. The van der Waals surface area contributed by atoms with E-state index in [9.17, 15) is 19.5 Å². The summed E-state index contributed by atoms with van der Waals surface area (Å²) in [6.07, 6.45) is 3.64. The first kappa shape index (κ1) is 40.4. The molecule has 0 saturated carbocycles. The molecule has 2 rings (SSSR count). The summed E-state index contributed by atoms with van der Waals surface area (Å²) in [6, 6.07) is 0. The second kappa shape index (κ2) is 16.1. The number of rotatable bonds is 15. The molecule has 2 aliphatic rings. The van der Waals surface area contributed by atoms with Crippen molar-refractivity contribution in [3.8, 4) is 11.5 Å². The van der Waals surface area contributed by atoms with E-state index in [0.717, 1.165) is 6.29 Å². The van der Waals surface area contributed by atoms with Gasteiger partial charge >= 0.3 is 11.9 Å². The number of fused-ring (bicyclic) bond motifs is 1. The minimum Gasteiger partial charge on any atom is -0.466 e. The first-order valence-corrected chi connectivity index (χ1v) is 22.8. The van der Waals surface area contributed by atoms with E-state index in [-0.39, 0.29) is 24.9 Å². The number of ether oxygens (including phenoxy) is 3. The third-order valence-electron chi connectivity index (χ3n) is 10.3. The predicted octanol–water partition coefficient (Wildman–Crippen LogP) is 6.87. The van der Waals surface area contributed by atoms with Crippen molar-refractivity contribution in [3.63, 3.8) is 0 Å². The Morgan fingerprint density at radius 3 is 2.13 bits per heavy atom. The summed E-state index contributed by atoms with van der Waals surface area (Å²) in [4.78, 5) is 37.1. The molecule has 0 aromatic carbocycles.